The molecule has 0 aromatic heterocycles. The fraction of sp³-hybridized carbons (Fsp3) is 0.971. The summed E-state index contributed by atoms with van der Waals surface area (Å²) >= 11 is 0. The van der Waals surface area contributed by atoms with Crippen LogP contribution in [0.4, 0.5) is 4.39 Å². The van der Waals surface area contributed by atoms with Gasteiger partial charge in [-0.25, -0.2) is 4.39 Å². The van der Waals surface area contributed by atoms with E-state index in [-0.39, 0.29) is 0 Å². The number of ketones is 1. The van der Waals surface area contributed by atoms with Crippen molar-refractivity contribution in [2.45, 2.75) is 161 Å². The van der Waals surface area contributed by atoms with E-state index in [0.29, 0.717) is 5.78 Å². The van der Waals surface area contributed by atoms with Crippen LogP contribution >= 0.6 is 0 Å². The van der Waals surface area contributed by atoms with Crippen LogP contribution in [-0.4, -0.2) is 12.0 Å². The number of alkyl halides is 1. The van der Waals surface area contributed by atoms with Gasteiger partial charge in [-0.2, -0.15) is 0 Å². The van der Waals surface area contributed by atoms with Gasteiger partial charge in [-0.05, 0) is 113 Å². The molecule has 0 radical (unpaired) electrons. The molecule has 36 heavy (non-hydrogen) atoms. The Hall–Kier alpha value is -0.400. The molecule has 0 amide bonds. The van der Waals surface area contributed by atoms with E-state index in [1.165, 1.54) is 89.9 Å². The van der Waals surface area contributed by atoms with Crippen LogP contribution in [0.1, 0.15) is 155 Å². The average Bonchev–Trinajstić information content (AvgIpc) is 2.95. The van der Waals surface area contributed by atoms with Gasteiger partial charge in [-0.3, -0.25) is 4.79 Å². The number of Topliss-reactive ketones (excluding diaryl/α,β-unsaturated/α-hetero) is 1. The third-order valence-corrected chi connectivity index (χ3v) is 12.9. The van der Waals surface area contributed by atoms with Crippen molar-refractivity contribution in [1.29, 1.82) is 0 Å². The Labute approximate surface area is 222 Å². The Morgan fingerprint density at radius 3 is 1.47 bits per heavy atom. The highest BCUT2D eigenvalue weighted by Crippen LogP contribution is 2.66. The van der Waals surface area contributed by atoms with Gasteiger partial charge < -0.3 is 0 Å². The number of carbonyl (C=O) groups excluding carboxylic acids is 1. The second kappa shape index (κ2) is 11.8. The first-order valence-electron chi connectivity index (χ1n) is 16.7. The molecule has 0 aliphatic heterocycles. The summed E-state index contributed by atoms with van der Waals surface area (Å²) in [5.41, 5.74) is -1.14. The molecule has 0 aromatic rings. The average molecular weight is 501 g/mol. The minimum atomic E-state index is -0.839. The molecule has 1 atom stereocenters. The summed E-state index contributed by atoms with van der Waals surface area (Å²) < 4.78 is 16.1. The Balaban J connectivity index is 1.06. The molecule has 5 saturated carbocycles. The second-order valence-corrected chi connectivity index (χ2v) is 14.5. The van der Waals surface area contributed by atoms with Gasteiger partial charge in [0.05, 0.1) is 10.8 Å². The summed E-state index contributed by atoms with van der Waals surface area (Å²) in [7, 11) is 0. The molecular formula is C34H57FO. The summed E-state index contributed by atoms with van der Waals surface area (Å²) in [5, 5.41) is 0. The van der Waals surface area contributed by atoms with Gasteiger partial charge in [0.15, 0.2) is 5.78 Å². The van der Waals surface area contributed by atoms with Gasteiger partial charge in [0.25, 0.3) is 0 Å². The lowest BCUT2D eigenvalue weighted by atomic mass is 9.41. The van der Waals surface area contributed by atoms with Gasteiger partial charge in [0.2, 0.25) is 0 Å². The molecule has 5 rings (SSSR count). The van der Waals surface area contributed by atoms with Gasteiger partial charge >= 0.3 is 0 Å². The Kier molecular flexibility index (Phi) is 8.89. The first-order chi connectivity index (χ1) is 17.5. The molecule has 5 aliphatic rings. The molecule has 0 N–H and O–H groups in total. The third kappa shape index (κ3) is 5.11. The number of hydrogen-bond acceptors (Lipinski definition) is 1. The van der Waals surface area contributed by atoms with Crippen molar-refractivity contribution in [1.82, 2.24) is 0 Å². The Bertz CT molecular complexity index is 697. The van der Waals surface area contributed by atoms with Crippen LogP contribution in [0.25, 0.3) is 0 Å². The lowest BCUT2D eigenvalue weighted by Crippen LogP contribution is -2.69. The van der Waals surface area contributed by atoms with Crippen molar-refractivity contribution in [2.75, 3.05) is 0 Å². The summed E-state index contributed by atoms with van der Waals surface area (Å²) in [6, 6.07) is 0. The van der Waals surface area contributed by atoms with Gasteiger partial charge in [0, 0.05) is 0 Å². The number of unbranched alkanes of at least 4 members (excludes halogenated alkanes) is 3. The Morgan fingerprint density at radius 1 is 0.611 bits per heavy atom. The number of hydrogen-bond donors (Lipinski definition) is 0. The zero-order valence-electron chi connectivity index (χ0n) is 23.9. The van der Waals surface area contributed by atoms with Crippen LogP contribution < -0.4 is 0 Å². The van der Waals surface area contributed by atoms with Crippen LogP contribution in [0.5, 0.6) is 0 Å². The normalized spacial score (nSPS) is 45.6. The molecule has 1 unspecified atom stereocenters. The summed E-state index contributed by atoms with van der Waals surface area (Å²) in [5.74, 6) is 5.53. The molecule has 206 valence electrons. The highest BCUT2D eigenvalue weighted by molar-refractivity contribution is 5.98. The van der Waals surface area contributed by atoms with Crippen LogP contribution in [0, 0.1) is 46.3 Å². The predicted molar refractivity (Wildman–Crippen MR) is 149 cm³/mol. The maximum Gasteiger partial charge on any atom is 0.151 e. The highest BCUT2D eigenvalue weighted by Gasteiger charge is 2.71. The number of rotatable bonds is 8. The van der Waals surface area contributed by atoms with E-state index in [2.05, 4.69) is 13.8 Å². The van der Waals surface area contributed by atoms with E-state index in [0.717, 1.165) is 86.9 Å². The number of halogens is 1. The standard InChI is InChI=1S/C34H57FO/c1-3-5-6-7-8-26-11-15-28(16-12-26)30-19-23-34(24-20-30)31(35)33(32(34)36)21-17-29(18-22-33)27-13-9-25(4-2)10-14-27/h25-31H,3-24H2,1-2H3/t25-,26-,27-,28-,29?,30?,31?,33?,34?. The summed E-state index contributed by atoms with van der Waals surface area (Å²) in [6.45, 7) is 4.63. The molecule has 5 aliphatic carbocycles. The fourth-order valence-electron chi connectivity index (χ4n) is 10.3. The third-order valence-electron chi connectivity index (χ3n) is 12.9. The van der Waals surface area contributed by atoms with Crippen LogP contribution in [0.2, 0.25) is 0 Å². The van der Waals surface area contributed by atoms with Crippen LogP contribution in [-0.2, 0) is 4.79 Å². The molecule has 5 fully saturated rings. The quantitative estimate of drug-likeness (QED) is 0.303. The van der Waals surface area contributed by atoms with Crippen LogP contribution in [0.15, 0.2) is 0 Å². The van der Waals surface area contributed by atoms with Gasteiger partial charge in [-0.15, -0.1) is 0 Å². The lowest BCUT2D eigenvalue weighted by Gasteiger charge is -2.62. The van der Waals surface area contributed by atoms with Crippen molar-refractivity contribution < 1.29 is 9.18 Å². The zero-order chi connectivity index (χ0) is 25.2. The second-order valence-electron chi connectivity index (χ2n) is 14.5. The first kappa shape index (κ1) is 27.2. The van der Waals surface area contributed by atoms with E-state index >= 15 is 4.39 Å². The minimum Gasteiger partial charge on any atom is -0.298 e. The van der Waals surface area contributed by atoms with Gasteiger partial charge in [-0.1, -0.05) is 78.1 Å². The highest BCUT2D eigenvalue weighted by atomic mass is 19.1. The topological polar surface area (TPSA) is 17.1 Å². The largest absolute Gasteiger partial charge is 0.298 e. The van der Waals surface area contributed by atoms with E-state index in [9.17, 15) is 4.79 Å². The van der Waals surface area contributed by atoms with E-state index in [4.69, 9.17) is 0 Å². The molecule has 2 spiro atoms. The molecule has 0 aromatic carbocycles. The molecule has 2 heteroatoms. The maximum atomic E-state index is 16.1. The van der Waals surface area contributed by atoms with Crippen molar-refractivity contribution in [3.8, 4) is 0 Å². The van der Waals surface area contributed by atoms with Crippen LogP contribution in [0.3, 0.4) is 0 Å². The van der Waals surface area contributed by atoms with E-state index in [1.807, 2.05) is 0 Å². The molecular weight excluding hydrogens is 443 g/mol. The minimum absolute atomic E-state index is 0.380. The molecule has 0 bridgehead atoms. The van der Waals surface area contributed by atoms with Crippen molar-refractivity contribution in [2.24, 2.45) is 46.3 Å². The molecule has 1 nitrogen and oxygen atoms in total. The summed E-state index contributed by atoms with van der Waals surface area (Å²) in [6.07, 6.45) is 26.7. The van der Waals surface area contributed by atoms with Gasteiger partial charge in [0.1, 0.15) is 6.17 Å². The van der Waals surface area contributed by atoms with Crippen molar-refractivity contribution in [3.63, 3.8) is 0 Å². The smallest absolute Gasteiger partial charge is 0.151 e. The van der Waals surface area contributed by atoms with E-state index < -0.39 is 17.0 Å². The summed E-state index contributed by atoms with van der Waals surface area (Å²) in [4.78, 5) is 13.7. The zero-order valence-corrected chi connectivity index (χ0v) is 23.9. The molecule has 0 heterocycles. The van der Waals surface area contributed by atoms with Crippen molar-refractivity contribution in [3.05, 3.63) is 0 Å². The first-order valence-corrected chi connectivity index (χ1v) is 16.7. The Morgan fingerprint density at radius 2 is 1.06 bits per heavy atom. The lowest BCUT2D eigenvalue weighted by molar-refractivity contribution is -0.194. The van der Waals surface area contributed by atoms with Crippen molar-refractivity contribution >= 4 is 5.78 Å². The monoisotopic (exact) mass is 500 g/mol. The number of carbonyl (C=O) groups is 1. The SMILES string of the molecule is CCCCCC[C@H]1CC[C@H](C2CCC3(CC2)C(=O)C2(CCC([C@H]4CC[C@H](CC)CC4)CC2)C3F)CC1. The predicted octanol–water partition coefficient (Wildman–Crippen LogP) is 10.3. The van der Waals surface area contributed by atoms with E-state index in [1.54, 1.807) is 0 Å². The molecule has 0 saturated heterocycles. The fourth-order valence-corrected chi connectivity index (χ4v) is 10.3. The maximum absolute atomic E-state index is 16.1.